The van der Waals surface area contributed by atoms with Gasteiger partial charge in [0.05, 0.1) is 16.1 Å². The van der Waals surface area contributed by atoms with E-state index in [0.29, 0.717) is 0 Å². The van der Waals surface area contributed by atoms with Crippen LogP contribution in [0, 0.1) is 3.57 Å². The molecule has 0 fully saturated rings. The second kappa shape index (κ2) is 6.95. The fourth-order valence-electron chi connectivity index (χ4n) is 1.71. The minimum atomic E-state index is 0.765. The number of nitrogens with one attached hydrogen (secondary N) is 1. The molecule has 100 valence electrons. The van der Waals surface area contributed by atoms with Crippen molar-refractivity contribution in [1.82, 2.24) is 0 Å². The summed E-state index contributed by atoms with van der Waals surface area (Å²) < 4.78 is 8.41. The lowest BCUT2D eigenvalue weighted by Crippen LogP contribution is -2.01. The van der Waals surface area contributed by atoms with E-state index in [0.717, 1.165) is 26.9 Å². The molecule has 0 spiro atoms. The van der Waals surface area contributed by atoms with Gasteiger partial charge in [-0.1, -0.05) is 12.1 Å². The average Bonchev–Trinajstić information content (AvgIpc) is 2.37. The standard InChI is InChI=1S/C14H12Br2INO/c1-19-14-10(15)6-9(7-11(14)16)8-18-13-5-3-2-4-12(13)17/h2-7,18H,8H2,1H3. The number of methoxy groups -OCH3 is 1. The van der Waals surface area contributed by atoms with Crippen LogP contribution in [0.25, 0.3) is 0 Å². The predicted octanol–water partition coefficient (Wildman–Crippen LogP) is 5.44. The maximum atomic E-state index is 5.30. The van der Waals surface area contributed by atoms with Gasteiger partial charge in [-0.2, -0.15) is 0 Å². The molecule has 0 amide bonds. The summed E-state index contributed by atoms with van der Waals surface area (Å²) in [5.74, 6) is 0.818. The van der Waals surface area contributed by atoms with Crippen molar-refractivity contribution in [3.63, 3.8) is 0 Å². The van der Waals surface area contributed by atoms with Crippen molar-refractivity contribution >= 4 is 60.1 Å². The second-order valence-electron chi connectivity index (χ2n) is 3.93. The minimum absolute atomic E-state index is 0.765. The molecule has 5 heteroatoms. The molecule has 0 unspecified atom stereocenters. The highest BCUT2D eigenvalue weighted by atomic mass is 127. The van der Waals surface area contributed by atoms with Gasteiger partial charge in [-0.25, -0.2) is 0 Å². The summed E-state index contributed by atoms with van der Waals surface area (Å²) in [4.78, 5) is 0. The van der Waals surface area contributed by atoms with Gasteiger partial charge in [0, 0.05) is 15.8 Å². The summed E-state index contributed by atoms with van der Waals surface area (Å²) in [6.45, 7) is 0.765. The Balaban J connectivity index is 2.15. The molecule has 0 aliphatic heterocycles. The van der Waals surface area contributed by atoms with E-state index in [4.69, 9.17) is 4.74 Å². The van der Waals surface area contributed by atoms with Crippen molar-refractivity contribution < 1.29 is 4.74 Å². The highest BCUT2D eigenvalue weighted by Gasteiger charge is 2.08. The van der Waals surface area contributed by atoms with Crippen LogP contribution in [-0.2, 0) is 6.54 Å². The van der Waals surface area contributed by atoms with Crippen LogP contribution in [0.15, 0.2) is 45.3 Å². The van der Waals surface area contributed by atoms with Crippen molar-refractivity contribution in [2.45, 2.75) is 6.54 Å². The fourth-order valence-corrected chi connectivity index (χ4v) is 3.89. The summed E-state index contributed by atoms with van der Waals surface area (Å²) in [5, 5.41) is 3.43. The molecule has 0 bridgehead atoms. The van der Waals surface area contributed by atoms with Crippen LogP contribution < -0.4 is 10.1 Å². The van der Waals surface area contributed by atoms with Gasteiger partial charge < -0.3 is 10.1 Å². The molecule has 0 aliphatic carbocycles. The molecule has 0 saturated heterocycles. The molecule has 0 atom stereocenters. The van der Waals surface area contributed by atoms with E-state index in [2.05, 4.69) is 84.0 Å². The van der Waals surface area contributed by atoms with Gasteiger partial charge in [0.2, 0.25) is 0 Å². The number of para-hydroxylation sites is 1. The predicted molar refractivity (Wildman–Crippen MR) is 94.9 cm³/mol. The molecule has 0 heterocycles. The lowest BCUT2D eigenvalue weighted by atomic mass is 10.2. The van der Waals surface area contributed by atoms with Crippen LogP contribution in [0.4, 0.5) is 5.69 Å². The summed E-state index contributed by atoms with van der Waals surface area (Å²) in [7, 11) is 1.66. The highest BCUT2D eigenvalue weighted by molar-refractivity contribution is 14.1. The Morgan fingerprint density at radius 2 is 1.79 bits per heavy atom. The zero-order valence-corrected chi connectivity index (χ0v) is 15.5. The first kappa shape index (κ1) is 15.1. The van der Waals surface area contributed by atoms with Crippen molar-refractivity contribution in [3.05, 3.63) is 54.5 Å². The molecule has 2 rings (SSSR count). The van der Waals surface area contributed by atoms with E-state index >= 15 is 0 Å². The first-order valence-corrected chi connectivity index (χ1v) is 8.28. The Bertz CT molecular complexity index is 566. The van der Waals surface area contributed by atoms with E-state index in [1.165, 1.54) is 9.13 Å². The monoisotopic (exact) mass is 495 g/mol. The van der Waals surface area contributed by atoms with E-state index in [-0.39, 0.29) is 0 Å². The van der Waals surface area contributed by atoms with Crippen LogP contribution in [0.3, 0.4) is 0 Å². The normalized spacial score (nSPS) is 10.3. The summed E-state index contributed by atoms with van der Waals surface area (Å²) in [6.07, 6.45) is 0. The third kappa shape index (κ3) is 3.86. The molecule has 19 heavy (non-hydrogen) atoms. The Morgan fingerprint density at radius 3 is 2.37 bits per heavy atom. The Morgan fingerprint density at radius 1 is 1.16 bits per heavy atom. The Kier molecular flexibility index (Phi) is 5.53. The van der Waals surface area contributed by atoms with Crippen molar-refractivity contribution in [1.29, 1.82) is 0 Å². The van der Waals surface area contributed by atoms with Crippen molar-refractivity contribution in [2.24, 2.45) is 0 Å². The Hall–Kier alpha value is -0.270. The van der Waals surface area contributed by atoms with Crippen LogP contribution in [0.2, 0.25) is 0 Å². The molecule has 2 nitrogen and oxygen atoms in total. The zero-order valence-electron chi connectivity index (χ0n) is 10.2. The molecular weight excluding hydrogens is 485 g/mol. The highest BCUT2D eigenvalue weighted by Crippen LogP contribution is 2.34. The Labute approximate surface area is 143 Å². The quantitative estimate of drug-likeness (QED) is 0.569. The second-order valence-corrected chi connectivity index (χ2v) is 6.80. The van der Waals surface area contributed by atoms with Crippen LogP contribution in [0.5, 0.6) is 5.75 Å². The third-order valence-corrected chi connectivity index (χ3v) is 4.74. The maximum Gasteiger partial charge on any atom is 0.147 e. The lowest BCUT2D eigenvalue weighted by molar-refractivity contribution is 0.409. The molecule has 0 aromatic heterocycles. The van der Waals surface area contributed by atoms with E-state index in [1.54, 1.807) is 7.11 Å². The number of hydrogen-bond donors (Lipinski definition) is 1. The molecule has 0 aliphatic rings. The molecule has 2 aromatic carbocycles. The van der Waals surface area contributed by atoms with E-state index in [1.807, 2.05) is 12.1 Å². The fraction of sp³-hybridized carbons (Fsp3) is 0.143. The van der Waals surface area contributed by atoms with Crippen molar-refractivity contribution in [3.8, 4) is 5.75 Å². The van der Waals surface area contributed by atoms with Crippen LogP contribution >= 0.6 is 54.5 Å². The van der Waals surface area contributed by atoms with Crippen molar-refractivity contribution in [2.75, 3.05) is 12.4 Å². The average molecular weight is 497 g/mol. The number of halogens is 3. The minimum Gasteiger partial charge on any atom is -0.494 e. The molecule has 1 N–H and O–H groups in total. The van der Waals surface area contributed by atoms with Crippen LogP contribution in [-0.4, -0.2) is 7.11 Å². The SMILES string of the molecule is COc1c(Br)cc(CNc2ccccc2I)cc1Br. The molecular formula is C14H12Br2INO. The lowest BCUT2D eigenvalue weighted by Gasteiger charge is -2.11. The van der Waals surface area contributed by atoms with Gasteiger partial charge in [0.1, 0.15) is 5.75 Å². The summed E-state index contributed by atoms with van der Waals surface area (Å²) in [6, 6.07) is 12.4. The third-order valence-electron chi connectivity index (χ3n) is 2.62. The largest absolute Gasteiger partial charge is 0.494 e. The smallest absolute Gasteiger partial charge is 0.147 e. The zero-order chi connectivity index (χ0) is 13.8. The van der Waals surface area contributed by atoms with Gasteiger partial charge >= 0.3 is 0 Å². The molecule has 0 saturated carbocycles. The van der Waals surface area contributed by atoms with E-state index < -0.39 is 0 Å². The maximum absolute atomic E-state index is 5.30. The van der Waals surface area contributed by atoms with Gasteiger partial charge in [-0.3, -0.25) is 0 Å². The van der Waals surface area contributed by atoms with Gasteiger partial charge in [-0.05, 0) is 84.3 Å². The van der Waals surface area contributed by atoms with Crippen LogP contribution in [0.1, 0.15) is 5.56 Å². The van der Waals surface area contributed by atoms with Gasteiger partial charge in [0.15, 0.2) is 0 Å². The molecule has 0 radical (unpaired) electrons. The first-order valence-electron chi connectivity index (χ1n) is 5.62. The van der Waals surface area contributed by atoms with Gasteiger partial charge in [0.25, 0.3) is 0 Å². The number of anilines is 1. The van der Waals surface area contributed by atoms with Gasteiger partial charge in [-0.15, -0.1) is 0 Å². The number of rotatable bonds is 4. The number of benzene rings is 2. The number of hydrogen-bond acceptors (Lipinski definition) is 2. The topological polar surface area (TPSA) is 21.3 Å². The first-order chi connectivity index (χ1) is 9.11. The summed E-state index contributed by atoms with van der Waals surface area (Å²) in [5.41, 5.74) is 2.32. The summed E-state index contributed by atoms with van der Waals surface area (Å²) >= 11 is 9.36. The van der Waals surface area contributed by atoms with E-state index in [9.17, 15) is 0 Å². The number of ether oxygens (including phenoxy) is 1. The molecule has 2 aromatic rings.